The van der Waals surface area contributed by atoms with Crippen molar-refractivity contribution < 1.29 is 4.79 Å². The summed E-state index contributed by atoms with van der Waals surface area (Å²) in [6.07, 6.45) is 8.90. The molecule has 0 fully saturated rings. The summed E-state index contributed by atoms with van der Waals surface area (Å²) in [6.45, 7) is 0. The molecule has 0 heterocycles. The van der Waals surface area contributed by atoms with Gasteiger partial charge in [0.1, 0.15) is 6.29 Å². The van der Waals surface area contributed by atoms with Gasteiger partial charge in [0.25, 0.3) is 0 Å². The third kappa shape index (κ3) is 3.56. The van der Waals surface area contributed by atoms with Gasteiger partial charge in [0.2, 0.25) is 0 Å². The van der Waals surface area contributed by atoms with Gasteiger partial charge in [0, 0.05) is 5.56 Å². The van der Waals surface area contributed by atoms with Crippen LogP contribution in [-0.2, 0) is 0 Å². The van der Waals surface area contributed by atoms with Crippen LogP contribution < -0.4 is 0 Å². The Morgan fingerprint density at radius 2 is 1.11 bits per heavy atom. The molecule has 0 saturated heterocycles. The van der Waals surface area contributed by atoms with Gasteiger partial charge in [-0.25, -0.2) is 0 Å². The minimum Gasteiger partial charge on any atom is -0.298 e. The summed E-state index contributed by atoms with van der Waals surface area (Å²) in [6, 6.07) is 17.6. The van der Waals surface area contributed by atoms with Gasteiger partial charge in [-0.15, -0.1) is 0 Å². The van der Waals surface area contributed by atoms with Gasteiger partial charge < -0.3 is 0 Å². The molecule has 0 aliphatic carbocycles. The van der Waals surface area contributed by atoms with Gasteiger partial charge in [0.05, 0.1) is 0 Å². The second kappa shape index (κ2) is 6.36. The lowest BCUT2D eigenvalue weighted by Crippen LogP contribution is -1.78. The van der Waals surface area contributed by atoms with Crippen molar-refractivity contribution in [3.8, 4) is 0 Å². The average Bonchev–Trinajstić information content (AvgIpc) is 2.45. The van der Waals surface area contributed by atoms with Crippen LogP contribution in [0.15, 0.2) is 66.7 Å². The van der Waals surface area contributed by atoms with E-state index in [1.165, 1.54) is 5.56 Å². The van der Waals surface area contributed by atoms with E-state index in [0.29, 0.717) is 5.56 Å². The van der Waals surface area contributed by atoms with E-state index >= 15 is 0 Å². The molecule has 2 aromatic carbocycles. The van der Waals surface area contributed by atoms with Crippen LogP contribution in [0.5, 0.6) is 0 Å². The molecule has 0 aromatic heterocycles. The molecule has 0 bridgehead atoms. The zero-order valence-corrected chi connectivity index (χ0v) is 9.99. The van der Waals surface area contributed by atoms with Crippen molar-refractivity contribution in [2.75, 3.05) is 0 Å². The molecule has 2 rings (SSSR count). The molecule has 0 N–H and O–H groups in total. The van der Waals surface area contributed by atoms with Gasteiger partial charge in [-0.1, -0.05) is 78.9 Å². The van der Waals surface area contributed by atoms with Crippen molar-refractivity contribution in [3.05, 3.63) is 83.4 Å². The molecule has 0 atom stereocenters. The summed E-state index contributed by atoms with van der Waals surface area (Å²) < 4.78 is 0. The molecule has 0 aliphatic heterocycles. The molecular formula is C17H14O. The van der Waals surface area contributed by atoms with Crippen LogP contribution in [0, 0.1) is 0 Å². The van der Waals surface area contributed by atoms with Gasteiger partial charge in [-0.3, -0.25) is 4.79 Å². The number of rotatable bonds is 4. The predicted molar refractivity (Wildman–Crippen MR) is 76.3 cm³/mol. The lowest BCUT2D eigenvalue weighted by molar-refractivity contribution is 0.112. The van der Waals surface area contributed by atoms with E-state index in [9.17, 15) is 4.79 Å². The number of hydrogen-bond acceptors (Lipinski definition) is 1. The fourth-order valence-corrected chi connectivity index (χ4v) is 1.58. The third-order valence-corrected chi connectivity index (χ3v) is 2.56. The van der Waals surface area contributed by atoms with Gasteiger partial charge in [-0.05, 0) is 11.1 Å². The number of aldehydes is 1. The van der Waals surface area contributed by atoms with Gasteiger partial charge >= 0.3 is 0 Å². The highest BCUT2D eigenvalue weighted by atomic mass is 16.1. The molecule has 1 heteroatoms. The molecule has 0 saturated carbocycles. The minimum atomic E-state index is 0.701. The van der Waals surface area contributed by atoms with Gasteiger partial charge in [0.15, 0.2) is 0 Å². The van der Waals surface area contributed by atoms with Crippen molar-refractivity contribution in [3.63, 3.8) is 0 Å². The highest BCUT2D eigenvalue weighted by molar-refractivity contribution is 5.75. The number of benzene rings is 2. The Kier molecular flexibility index (Phi) is 4.26. The molecule has 0 amide bonds. The molecule has 88 valence electrons. The van der Waals surface area contributed by atoms with Crippen molar-refractivity contribution >= 4 is 18.4 Å². The summed E-state index contributed by atoms with van der Waals surface area (Å²) >= 11 is 0. The number of carbonyl (C=O) groups excluding carboxylic acids is 1. The maximum Gasteiger partial charge on any atom is 0.150 e. The first-order valence-corrected chi connectivity index (χ1v) is 5.83. The first-order chi connectivity index (χ1) is 8.88. The topological polar surface area (TPSA) is 17.1 Å². The third-order valence-electron chi connectivity index (χ3n) is 2.56. The maximum absolute atomic E-state index is 10.5. The molecule has 18 heavy (non-hydrogen) atoms. The van der Waals surface area contributed by atoms with E-state index in [1.807, 2.05) is 60.7 Å². The SMILES string of the molecule is O=Cc1ccc(/C=C/C=C/c2ccccc2)cc1. The van der Waals surface area contributed by atoms with Crippen molar-refractivity contribution in [1.82, 2.24) is 0 Å². The van der Waals surface area contributed by atoms with E-state index in [-0.39, 0.29) is 0 Å². The quantitative estimate of drug-likeness (QED) is 0.571. The zero-order chi connectivity index (χ0) is 12.6. The smallest absolute Gasteiger partial charge is 0.150 e. The van der Waals surface area contributed by atoms with E-state index in [2.05, 4.69) is 18.2 Å². The predicted octanol–water partition coefficient (Wildman–Crippen LogP) is 4.23. The highest BCUT2D eigenvalue weighted by Gasteiger charge is 1.88. The standard InChI is InChI=1S/C17H14O/c18-14-17-12-10-16(11-13-17)9-5-4-8-15-6-2-1-3-7-15/h1-14H/b8-4+,9-5+. The van der Waals surface area contributed by atoms with Crippen LogP contribution in [-0.4, -0.2) is 6.29 Å². The number of hydrogen-bond donors (Lipinski definition) is 0. The van der Waals surface area contributed by atoms with Crippen LogP contribution in [0.3, 0.4) is 0 Å². The Bertz CT molecular complexity index is 548. The summed E-state index contributed by atoms with van der Waals surface area (Å²) in [5.41, 5.74) is 2.96. The van der Waals surface area contributed by atoms with E-state index in [4.69, 9.17) is 0 Å². The van der Waals surface area contributed by atoms with Gasteiger partial charge in [-0.2, -0.15) is 0 Å². The molecule has 0 unspecified atom stereocenters. The van der Waals surface area contributed by atoms with Crippen molar-refractivity contribution in [2.24, 2.45) is 0 Å². The molecular weight excluding hydrogens is 220 g/mol. The molecule has 0 radical (unpaired) electrons. The summed E-state index contributed by atoms with van der Waals surface area (Å²) in [4.78, 5) is 10.5. The molecule has 0 aliphatic rings. The Balaban J connectivity index is 1.98. The normalized spacial score (nSPS) is 11.1. The minimum absolute atomic E-state index is 0.701. The first-order valence-electron chi connectivity index (χ1n) is 5.83. The molecule has 1 nitrogen and oxygen atoms in total. The summed E-state index contributed by atoms with van der Waals surface area (Å²) in [5, 5.41) is 0. The molecule has 0 spiro atoms. The van der Waals surface area contributed by atoms with E-state index in [0.717, 1.165) is 11.8 Å². The second-order valence-corrected chi connectivity index (χ2v) is 3.91. The van der Waals surface area contributed by atoms with Crippen LogP contribution >= 0.6 is 0 Å². The lowest BCUT2D eigenvalue weighted by Gasteiger charge is -1.93. The second-order valence-electron chi connectivity index (χ2n) is 3.91. The fraction of sp³-hybridized carbons (Fsp3) is 0. The lowest BCUT2D eigenvalue weighted by atomic mass is 10.1. The largest absolute Gasteiger partial charge is 0.298 e. The zero-order valence-electron chi connectivity index (χ0n) is 9.99. The van der Waals surface area contributed by atoms with Crippen LogP contribution in [0.4, 0.5) is 0 Å². The maximum atomic E-state index is 10.5. The number of carbonyl (C=O) groups is 1. The van der Waals surface area contributed by atoms with Crippen molar-refractivity contribution in [1.29, 1.82) is 0 Å². The molecule has 2 aromatic rings. The van der Waals surface area contributed by atoms with E-state index < -0.39 is 0 Å². The Morgan fingerprint density at radius 3 is 1.67 bits per heavy atom. The monoisotopic (exact) mass is 234 g/mol. The summed E-state index contributed by atoms with van der Waals surface area (Å²) in [5.74, 6) is 0. The Morgan fingerprint density at radius 1 is 0.611 bits per heavy atom. The number of allylic oxidation sites excluding steroid dienone is 2. The van der Waals surface area contributed by atoms with Crippen LogP contribution in [0.25, 0.3) is 12.2 Å². The Hall–Kier alpha value is -2.41. The highest BCUT2D eigenvalue weighted by Crippen LogP contribution is 2.06. The van der Waals surface area contributed by atoms with Crippen LogP contribution in [0.2, 0.25) is 0 Å². The Labute approximate surface area is 107 Å². The van der Waals surface area contributed by atoms with Crippen LogP contribution in [0.1, 0.15) is 21.5 Å². The average molecular weight is 234 g/mol. The summed E-state index contributed by atoms with van der Waals surface area (Å²) in [7, 11) is 0. The van der Waals surface area contributed by atoms with E-state index in [1.54, 1.807) is 0 Å². The van der Waals surface area contributed by atoms with Crippen molar-refractivity contribution in [2.45, 2.75) is 0 Å². The fourth-order valence-electron chi connectivity index (χ4n) is 1.58. The first kappa shape index (κ1) is 12.1.